The van der Waals surface area contributed by atoms with E-state index in [-0.39, 0.29) is 17.8 Å². The molecule has 20 heavy (non-hydrogen) atoms. The Hall–Kier alpha value is -1.46. The van der Waals surface area contributed by atoms with Gasteiger partial charge in [0.25, 0.3) is 0 Å². The van der Waals surface area contributed by atoms with E-state index >= 15 is 0 Å². The Morgan fingerprint density at radius 1 is 1.55 bits per heavy atom. The van der Waals surface area contributed by atoms with Gasteiger partial charge >= 0.3 is 5.97 Å². The van der Waals surface area contributed by atoms with E-state index in [9.17, 15) is 14.3 Å². The maximum Gasteiger partial charge on any atom is 0.337 e. The number of piperidine rings is 1. The number of ether oxygens (including phenoxy) is 1. The molecule has 1 aromatic carbocycles. The summed E-state index contributed by atoms with van der Waals surface area (Å²) in [7, 11) is 1.30. The van der Waals surface area contributed by atoms with Crippen molar-refractivity contribution in [3.05, 3.63) is 35.1 Å². The molecule has 1 fully saturated rings. The number of esters is 1. The van der Waals surface area contributed by atoms with E-state index in [4.69, 9.17) is 0 Å². The van der Waals surface area contributed by atoms with Gasteiger partial charge in [-0.05, 0) is 37.1 Å². The van der Waals surface area contributed by atoms with Gasteiger partial charge in [-0.25, -0.2) is 9.18 Å². The minimum Gasteiger partial charge on any atom is -0.465 e. The summed E-state index contributed by atoms with van der Waals surface area (Å²) in [6.45, 7) is 3.75. The van der Waals surface area contributed by atoms with Crippen LogP contribution in [0.5, 0.6) is 0 Å². The zero-order valence-electron chi connectivity index (χ0n) is 11.8. The van der Waals surface area contributed by atoms with Crippen LogP contribution in [0.15, 0.2) is 18.2 Å². The Bertz CT molecular complexity index is 492. The summed E-state index contributed by atoms with van der Waals surface area (Å²) in [5, 5.41) is 9.87. The number of halogens is 1. The maximum absolute atomic E-state index is 13.8. The molecule has 0 amide bonds. The zero-order valence-corrected chi connectivity index (χ0v) is 11.8. The smallest absolute Gasteiger partial charge is 0.337 e. The van der Waals surface area contributed by atoms with E-state index in [0.717, 1.165) is 13.0 Å². The van der Waals surface area contributed by atoms with Crippen LogP contribution in [0.1, 0.15) is 29.3 Å². The lowest BCUT2D eigenvalue weighted by atomic mass is 9.95. The van der Waals surface area contributed by atoms with Crippen molar-refractivity contribution in [2.24, 2.45) is 5.92 Å². The highest BCUT2D eigenvalue weighted by atomic mass is 19.1. The van der Waals surface area contributed by atoms with Crippen LogP contribution in [0.25, 0.3) is 0 Å². The molecule has 110 valence electrons. The Kier molecular flexibility index (Phi) is 4.73. The molecule has 0 saturated carbocycles. The highest BCUT2D eigenvalue weighted by molar-refractivity contribution is 5.89. The standard InChI is InChI=1S/C15H20FNO3/c1-10-5-6-17(9-14(10)18)8-12-7-11(15(19)20-2)3-4-13(12)16/h3-4,7,10,14,18H,5-6,8-9H2,1-2H3. The van der Waals surface area contributed by atoms with Crippen LogP contribution in [-0.4, -0.2) is 42.3 Å². The first kappa shape index (κ1) is 14.9. The van der Waals surface area contributed by atoms with Gasteiger partial charge in [-0.2, -0.15) is 0 Å². The largest absolute Gasteiger partial charge is 0.465 e. The fraction of sp³-hybridized carbons (Fsp3) is 0.533. The second-order valence-corrected chi connectivity index (χ2v) is 5.37. The van der Waals surface area contributed by atoms with Crippen LogP contribution in [0.4, 0.5) is 4.39 Å². The Morgan fingerprint density at radius 2 is 2.30 bits per heavy atom. The number of aliphatic hydroxyl groups excluding tert-OH is 1. The number of benzene rings is 1. The highest BCUT2D eigenvalue weighted by Crippen LogP contribution is 2.20. The lowest BCUT2D eigenvalue weighted by Gasteiger charge is -2.34. The van der Waals surface area contributed by atoms with Crippen molar-refractivity contribution in [2.75, 3.05) is 20.2 Å². The van der Waals surface area contributed by atoms with Crippen LogP contribution in [0.2, 0.25) is 0 Å². The minimum atomic E-state index is -0.474. The van der Waals surface area contributed by atoms with E-state index in [1.54, 1.807) is 0 Å². The number of β-amino-alcohol motifs (C(OH)–C–C–N with tert-alkyl or cyclic N) is 1. The van der Waals surface area contributed by atoms with E-state index in [2.05, 4.69) is 4.74 Å². The molecule has 5 heteroatoms. The monoisotopic (exact) mass is 281 g/mol. The number of methoxy groups -OCH3 is 1. The van der Waals surface area contributed by atoms with Gasteiger partial charge in [-0.1, -0.05) is 6.92 Å². The topological polar surface area (TPSA) is 49.8 Å². The molecule has 2 rings (SSSR count). The van der Waals surface area contributed by atoms with Crippen molar-refractivity contribution < 1.29 is 19.0 Å². The van der Waals surface area contributed by atoms with Crippen LogP contribution in [0, 0.1) is 11.7 Å². The number of carbonyl (C=O) groups excluding carboxylic acids is 1. The predicted molar refractivity (Wildman–Crippen MR) is 72.8 cm³/mol. The summed E-state index contributed by atoms with van der Waals surface area (Å²) in [6.07, 6.45) is 0.509. The van der Waals surface area contributed by atoms with Gasteiger partial charge in [0.15, 0.2) is 0 Å². The average molecular weight is 281 g/mol. The third kappa shape index (κ3) is 3.35. The van der Waals surface area contributed by atoms with Crippen molar-refractivity contribution in [2.45, 2.75) is 26.0 Å². The van der Waals surface area contributed by atoms with Gasteiger partial charge in [0.1, 0.15) is 5.82 Å². The lowest BCUT2D eigenvalue weighted by molar-refractivity contribution is 0.0254. The van der Waals surface area contributed by atoms with Gasteiger partial charge in [0, 0.05) is 18.7 Å². The first-order valence-corrected chi connectivity index (χ1v) is 6.78. The van der Waals surface area contributed by atoms with E-state index < -0.39 is 5.97 Å². The normalized spacial score (nSPS) is 23.6. The summed E-state index contributed by atoms with van der Waals surface area (Å²) in [4.78, 5) is 13.5. The molecule has 2 atom stereocenters. The summed E-state index contributed by atoms with van der Waals surface area (Å²) >= 11 is 0. The predicted octanol–water partition coefficient (Wildman–Crippen LogP) is 1.81. The van der Waals surface area contributed by atoms with Crippen molar-refractivity contribution in [3.63, 3.8) is 0 Å². The molecule has 1 aliphatic rings. The average Bonchev–Trinajstić information content (AvgIpc) is 2.44. The van der Waals surface area contributed by atoms with Gasteiger partial charge in [-0.15, -0.1) is 0 Å². The quantitative estimate of drug-likeness (QED) is 0.859. The molecular formula is C15H20FNO3. The number of hydrogen-bond donors (Lipinski definition) is 1. The van der Waals surface area contributed by atoms with Crippen molar-refractivity contribution >= 4 is 5.97 Å². The molecule has 2 unspecified atom stereocenters. The van der Waals surface area contributed by atoms with Crippen LogP contribution in [-0.2, 0) is 11.3 Å². The maximum atomic E-state index is 13.8. The molecule has 1 heterocycles. The molecule has 1 saturated heterocycles. The Balaban J connectivity index is 2.10. The second kappa shape index (κ2) is 6.33. The number of carbonyl (C=O) groups is 1. The molecule has 1 aromatic rings. The van der Waals surface area contributed by atoms with E-state index in [1.165, 1.54) is 25.3 Å². The molecule has 4 nitrogen and oxygen atoms in total. The molecule has 1 N–H and O–H groups in total. The number of likely N-dealkylation sites (tertiary alicyclic amines) is 1. The summed E-state index contributed by atoms with van der Waals surface area (Å²) in [5.74, 6) is -0.540. The van der Waals surface area contributed by atoms with Gasteiger partial charge in [-0.3, -0.25) is 4.90 Å². The molecule has 0 aromatic heterocycles. The summed E-state index contributed by atoms with van der Waals surface area (Å²) in [5.41, 5.74) is 0.796. The van der Waals surface area contributed by atoms with Crippen LogP contribution in [0.3, 0.4) is 0 Å². The van der Waals surface area contributed by atoms with Gasteiger partial charge in [0.2, 0.25) is 0 Å². The van der Waals surface area contributed by atoms with E-state index in [0.29, 0.717) is 24.2 Å². The molecule has 1 aliphatic heterocycles. The second-order valence-electron chi connectivity index (χ2n) is 5.37. The first-order chi connectivity index (χ1) is 9.51. The number of rotatable bonds is 3. The molecule has 0 radical (unpaired) electrons. The Labute approximate surface area is 118 Å². The minimum absolute atomic E-state index is 0.275. The number of hydrogen-bond acceptors (Lipinski definition) is 4. The summed E-state index contributed by atoms with van der Waals surface area (Å²) in [6, 6.07) is 4.22. The fourth-order valence-corrected chi connectivity index (χ4v) is 2.44. The number of nitrogens with zero attached hydrogens (tertiary/aromatic N) is 1. The van der Waals surface area contributed by atoms with Crippen LogP contribution < -0.4 is 0 Å². The molecule has 0 aliphatic carbocycles. The third-order valence-electron chi connectivity index (χ3n) is 3.86. The first-order valence-electron chi connectivity index (χ1n) is 6.78. The van der Waals surface area contributed by atoms with Crippen molar-refractivity contribution in [1.29, 1.82) is 0 Å². The molecule has 0 spiro atoms. The van der Waals surface area contributed by atoms with Gasteiger partial charge in [0.05, 0.1) is 18.8 Å². The van der Waals surface area contributed by atoms with Gasteiger partial charge < -0.3 is 9.84 Å². The van der Waals surface area contributed by atoms with Crippen molar-refractivity contribution in [1.82, 2.24) is 4.90 Å². The van der Waals surface area contributed by atoms with Crippen LogP contribution >= 0.6 is 0 Å². The summed E-state index contributed by atoms with van der Waals surface area (Å²) < 4.78 is 18.5. The van der Waals surface area contributed by atoms with Crippen molar-refractivity contribution in [3.8, 4) is 0 Å². The van der Waals surface area contributed by atoms with E-state index in [1.807, 2.05) is 11.8 Å². The lowest BCUT2D eigenvalue weighted by Crippen LogP contribution is -2.42. The molecular weight excluding hydrogens is 261 g/mol. The fourth-order valence-electron chi connectivity index (χ4n) is 2.44. The third-order valence-corrected chi connectivity index (χ3v) is 3.86. The SMILES string of the molecule is COC(=O)c1ccc(F)c(CN2CCC(C)C(O)C2)c1. The molecule has 0 bridgehead atoms. The number of aliphatic hydroxyl groups is 1. The highest BCUT2D eigenvalue weighted by Gasteiger charge is 2.24. The Morgan fingerprint density at radius 3 is 2.95 bits per heavy atom. The zero-order chi connectivity index (χ0) is 14.7.